The molecule has 0 atom stereocenters. The average molecular weight is 453 g/mol. The van der Waals surface area contributed by atoms with Gasteiger partial charge in [0.05, 0.1) is 30.6 Å². The van der Waals surface area contributed by atoms with Crippen molar-refractivity contribution >= 4 is 39.8 Å². The molecule has 0 aliphatic carbocycles. The molecular weight excluding hydrogens is 428 g/mol. The molecule has 0 spiro atoms. The molecule has 2 aromatic carbocycles. The van der Waals surface area contributed by atoms with E-state index in [-0.39, 0.29) is 30.4 Å². The number of nitrogens with one attached hydrogen (secondary N) is 2. The first-order valence-corrected chi connectivity index (χ1v) is 10.8. The van der Waals surface area contributed by atoms with Crippen molar-refractivity contribution in [2.75, 3.05) is 24.4 Å². The van der Waals surface area contributed by atoms with Gasteiger partial charge in [-0.05, 0) is 49.2 Å². The molecule has 0 saturated carbocycles. The predicted molar refractivity (Wildman–Crippen MR) is 125 cm³/mol. The molecule has 2 amide bonds. The van der Waals surface area contributed by atoms with E-state index in [0.717, 1.165) is 16.9 Å². The standard InChI is InChI=1S/C24H24N2O5S/c1-4-31-24(29)20-15(2)21(22(28)25-17-10-12-18(30-3)13-11-17)32-23(20)26-19(27)14-16-8-6-5-7-9-16/h5-13H,4,14H2,1-3H3,(H,25,28)(H,26,27). The number of thiophene rings is 1. The average Bonchev–Trinajstić information content (AvgIpc) is 3.10. The summed E-state index contributed by atoms with van der Waals surface area (Å²) in [5.74, 6) is -0.583. The van der Waals surface area contributed by atoms with Gasteiger partial charge in [-0.2, -0.15) is 0 Å². The molecule has 1 heterocycles. The maximum absolute atomic E-state index is 12.9. The lowest BCUT2D eigenvalue weighted by Crippen LogP contribution is -2.16. The number of anilines is 2. The minimum Gasteiger partial charge on any atom is -0.497 e. The quantitative estimate of drug-likeness (QED) is 0.484. The Hall–Kier alpha value is -3.65. The molecule has 0 aliphatic heterocycles. The Balaban J connectivity index is 1.85. The third-order valence-corrected chi connectivity index (χ3v) is 5.85. The number of esters is 1. The highest BCUT2D eigenvalue weighted by Crippen LogP contribution is 2.34. The van der Waals surface area contributed by atoms with Crippen LogP contribution in [0.4, 0.5) is 10.7 Å². The van der Waals surface area contributed by atoms with Crippen LogP contribution in [-0.4, -0.2) is 31.5 Å². The van der Waals surface area contributed by atoms with E-state index in [1.807, 2.05) is 30.3 Å². The number of methoxy groups -OCH3 is 1. The summed E-state index contributed by atoms with van der Waals surface area (Å²) in [7, 11) is 1.56. The molecule has 0 bridgehead atoms. The van der Waals surface area contributed by atoms with Crippen LogP contribution in [-0.2, 0) is 16.0 Å². The fourth-order valence-corrected chi connectivity index (χ4v) is 4.19. The largest absolute Gasteiger partial charge is 0.497 e. The zero-order valence-corrected chi connectivity index (χ0v) is 18.9. The van der Waals surface area contributed by atoms with Gasteiger partial charge in [0, 0.05) is 5.69 Å². The van der Waals surface area contributed by atoms with Crippen LogP contribution in [0.25, 0.3) is 0 Å². The van der Waals surface area contributed by atoms with Crippen LogP contribution in [0, 0.1) is 6.92 Å². The zero-order chi connectivity index (χ0) is 23.1. The normalized spacial score (nSPS) is 10.3. The van der Waals surface area contributed by atoms with Gasteiger partial charge in [-0.3, -0.25) is 9.59 Å². The van der Waals surface area contributed by atoms with E-state index in [4.69, 9.17) is 9.47 Å². The minimum absolute atomic E-state index is 0.146. The Labute approximate surface area is 190 Å². The Bertz CT molecular complexity index is 1110. The van der Waals surface area contributed by atoms with E-state index < -0.39 is 5.97 Å². The highest BCUT2D eigenvalue weighted by Gasteiger charge is 2.26. The maximum atomic E-state index is 12.9. The molecule has 0 fully saturated rings. The molecule has 8 heteroatoms. The van der Waals surface area contributed by atoms with Gasteiger partial charge < -0.3 is 20.1 Å². The first kappa shape index (κ1) is 23.0. The third kappa shape index (κ3) is 5.53. The summed E-state index contributed by atoms with van der Waals surface area (Å²) in [6.45, 7) is 3.54. The molecule has 2 N–H and O–H groups in total. The third-order valence-electron chi connectivity index (χ3n) is 4.64. The summed E-state index contributed by atoms with van der Waals surface area (Å²) < 4.78 is 10.3. The van der Waals surface area contributed by atoms with Crippen molar-refractivity contribution < 1.29 is 23.9 Å². The fourth-order valence-electron chi connectivity index (χ4n) is 3.08. The number of carbonyl (C=O) groups is 3. The summed E-state index contributed by atoms with van der Waals surface area (Å²) in [6, 6.07) is 16.2. The second-order valence-electron chi connectivity index (χ2n) is 6.87. The molecule has 0 saturated heterocycles. The van der Waals surface area contributed by atoms with Crippen molar-refractivity contribution in [2.24, 2.45) is 0 Å². The van der Waals surface area contributed by atoms with Gasteiger partial charge in [-0.25, -0.2) is 4.79 Å². The monoisotopic (exact) mass is 452 g/mol. The molecule has 0 aliphatic rings. The Morgan fingerprint density at radius 1 is 0.969 bits per heavy atom. The highest BCUT2D eigenvalue weighted by molar-refractivity contribution is 7.18. The number of hydrogen-bond donors (Lipinski definition) is 2. The highest BCUT2D eigenvalue weighted by atomic mass is 32.1. The Morgan fingerprint density at radius 3 is 2.28 bits per heavy atom. The summed E-state index contributed by atoms with van der Waals surface area (Å²) >= 11 is 1.04. The fraction of sp³-hybridized carbons (Fsp3) is 0.208. The zero-order valence-electron chi connectivity index (χ0n) is 18.1. The molecular formula is C24H24N2O5S. The van der Waals surface area contributed by atoms with Crippen LogP contribution in [0.5, 0.6) is 5.75 Å². The van der Waals surface area contributed by atoms with Crippen molar-refractivity contribution in [3.63, 3.8) is 0 Å². The Morgan fingerprint density at radius 2 is 1.66 bits per heavy atom. The lowest BCUT2D eigenvalue weighted by molar-refractivity contribution is -0.115. The smallest absolute Gasteiger partial charge is 0.341 e. The molecule has 3 rings (SSSR count). The first-order chi connectivity index (χ1) is 15.4. The van der Waals surface area contributed by atoms with Crippen LogP contribution >= 0.6 is 11.3 Å². The minimum atomic E-state index is -0.584. The van der Waals surface area contributed by atoms with Crippen LogP contribution < -0.4 is 15.4 Å². The van der Waals surface area contributed by atoms with E-state index in [1.54, 1.807) is 45.2 Å². The number of rotatable bonds is 8. The van der Waals surface area contributed by atoms with Gasteiger partial charge >= 0.3 is 5.97 Å². The van der Waals surface area contributed by atoms with Gasteiger partial charge in [0.1, 0.15) is 10.8 Å². The van der Waals surface area contributed by atoms with Crippen molar-refractivity contribution in [1.82, 2.24) is 0 Å². The lowest BCUT2D eigenvalue weighted by Gasteiger charge is -2.07. The summed E-state index contributed by atoms with van der Waals surface area (Å²) in [4.78, 5) is 38.4. The second kappa shape index (κ2) is 10.6. The van der Waals surface area contributed by atoms with Crippen LogP contribution in [0.15, 0.2) is 54.6 Å². The molecule has 0 unspecified atom stereocenters. The van der Waals surface area contributed by atoms with Gasteiger partial charge in [0.2, 0.25) is 5.91 Å². The number of ether oxygens (including phenoxy) is 2. The van der Waals surface area contributed by atoms with Crippen molar-refractivity contribution in [3.05, 3.63) is 76.2 Å². The van der Waals surface area contributed by atoms with E-state index >= 15 is 0 Å². The second-order valence-corrected chi connectivity index (χ2v) is 7.89. The topological polar surface area (TPSA) is 93.7 Å². The van der Waals surface area contributed by atoms with Gasteiger partial charge in [-0.1, -0.05) is 30.3 Å². The van der Waals surface area contributed by atoms with Crippen molar-refractivity contribution in [3.8, 4) is 5.75 Å². The predicted octanol–water partition coefficient (Wildman–Crippen LogP) is 4.68. The number of benzene rings is 2. The first-order valence-electron chi connectivity index (χ1n) is 10.0. The van der Waals surface area contributed by atoms with Gasteiger partial charge in [0.25, 0.3) is 5.91 Å². The molecule has 166 valence electrons. The summed E-state index contributed by atoms with van der Waals surface area (Å²) in [5, 5.41) is 5.87. The van der Waals surface area contributed by atoms with Gasteiger partial charge in [-0.15, -0.1) is 11.3 Å². The van der Waals surface area contributed by atoms with Crippen LogP contribution in [0.2, 0.25) is 0 Å². The molecule has 7 nitrogen and oxygen atoms in total. The maximum Gasteiger partial charge on any atom is 0.341 e. The number of hydrogen-bond acceptors (Lipinski definition) is 6. The number of carbonyl (C=O) groups excluding carboxylic acids is 3. The molecule has 0 radical (unpaired) electrons. The summed E-state index contributed by atoms with van der Waals surface area (Å²) in [6.07, 6.45) is 0.146. The van der Waals surface area contributed by atoms with Crippen molar-refractivity contribution in [2.45, 2.75) is 20.3 Å². The van der Waals surface area contributed by atoms with Gasteiger partial charge in [0.15, 0.2) is 0 Å². The van der Waals surface area contributed by atoms with E-state index in [9.17, 15) is 14.4 Å². The lowest BCUT2D eigenvalue weighted by atomic mass is 10.1. The van der Waals surface area contributed by atoms with Crippen molar-refractivity contribution in [1.29, 1.82) is 0 Å². The van der Waals surface area contributed by atoms with E-state index in [1.165, 1.54) is 0 Å². The van der Waals surface area contributed by atoms with Crippen LogP contribution in [0.3, 0.4) is 0 Å². The van der Waals surface area contributed by atoms with Crippen LogP contribution in [0.1, 0.15) is 38.1 Å². The number of amides is 2. The molecule has 3 aromatic rings. The molecule has 32 heavy (non-hydrogen) atoms. The van der Waals surface area contributed by atoms with E-state index in [0.29, 0.717) is 26.9 Å². The Kier molecular flexibility index (Phi) is 7.62. The summed E-state index contributed by atoms with van der Waals surface area (Å²) in [5.41, 5.74) is 2.07. The SMILES string of the molecule is CCOC(=O)c1c(NC(=O)Cc2ccccc2)sc(C(=O)Nc2ccc(OC)cc2)c1C. The van der Waals surface area contributed by atoms with E-state index in [2.05, 4.69) is 10.6 Å². The molecule has 1 aromatic heterocycles.